The lowest BCUT2D eigenvalue weighted by molar-refractivity contribution is 0.625. The van der Waals surface area contributed by atoms with Crippen molar-refractivity contribution in [3.8, 4) is 0 Å². The van der Waals surface area contributed by atoms with E-state index in [0.717, 1.165) is 24.3 Å². The van der Waals surface area contributed by atoms with E-state index in [2.05, 4.69) is 10.4 Å². The lowest BCUT2D eigenvalue weighted by Crippen LogP contribution is -2.12. The molecule has 0 fully saturated rings. The Morgan fingerprint density at radius 2 is 1.94 bits per heavy atom. The molecule has 0 saturated carbocycles. The zero-order valence-corrected chi connectivity index (χ0v) is 10.1. The van der Waals surface area contributed by atoms with Gasteiger partial charge in [0.25, 0.3) is 0 Å². The maximum Gasteiger partial charge on any atom is 0.123 e. The Morgan fingerprint density at radius 3 is 2.53 bits per heavy atom. The molecule has 0 radical (unpaired) electrons. The molecule has 1 heterocycles. The number of hydrogen-bond donors (Lipinski definition) is 1. The summed E-state index contributed by atoms with van der Waals surface area (Å²) in [5.74, 6) is -0.197. The number of aromatic nitrogens is 2. The second-order valence-electron chi connectivity index (χ2n) is 4.14. The highest BCUT2D eigenvalue weighted by Gasteiger charge is 2.02. The van der Waals surface area contributed by atoms with Gasteiger partial charge in [-0.1, -0.05) is 12.1 Å². The minimum Gasteiger partial charge on any atom is -0.308 e. The van der Waals surface area contributed by atoms with Crippen LogP contribution in [0, 0.1) is 12.7 Å². The zero-order valence-electron chi connectivity index (χ0n) is 10.1. The fourth-order valence-electron chi connectivity index (χ4n) is 1.77. The molecule has 90 valence electrons. The van der Waals surface area contributed by atoms with Crippen molar-refractivity contribution in [1.82, 2.24) is 15.1 Å². The van der Waals surface area contributed by atoms with Gasteiger partial charge in [-0.15, -0.1) is 0 Å². The van der Waals surface area contributed by atoms with Gasteiger partial charge in [0.05, 0.1) is 5.69 Å². The van der Waals surface area contributed by atoms with Crippen LogP contribution < -0.4 is 5.32 Å². The predicted octanol–water partition coefficient (Wildman–Crippen LogP) is 2.16. The Kier molecular flexibility index (Phi) is 3.54. The molecule has 1 aromatic heterocycles. The first kappa shape index (κ1) is 11.8. The second kappa shape index (κ2) is 5.10. The Labute approximate surface area is 100 Å². The third kappa shape index (κ3) is 3.14. The fraction of sp³-hybridized carbons (Fsp3) is 0.308. The molecule has 1 N–H and O–H groups in total. The maximum atomic E-state index is 12.7. The molecule has 0 saturated heterocycles. The molecule has 0 bridgehead atoms. The van der Waals surface area contributed by atoms with Crippen molar-refractivity contribution in [2.75, 3.05) is 0 Å². The smallest absolute Gasteiger partial charge is 0.123 e. The Balaban J connectivity index is 1.87. The quantitative estimate of drug-likeness (QED) is 0.877. The summed E-state index contributed by atoms with van der Waals surface area (Å²) in [4.78, 5) is 0. The van der Waals surface area contributed by atoms with Crippen LogP contribution in [0.3, 0.4) is 0 Å². The molecule has 4 heteroatoms. The highest BCUT2D eigenvalue weighted by Crippen LogP contribution is 2.06. The average Bonchev–Trinajstić information content (AvgIpc) is 2.60. The van der Waals surface area contributed by atoms with Crippen LogP contribution in [0.5, 0.6) is 0 Å². The first-order valence-electron chi connectivity index (χ1n) is 5.59. The van der Waals surface area contributed by atoms with Crippen molar-refractivity contribution in [3.05, 3.63) is 53.1 Å². The number of halogens is 1. The second-order valence-corrected chi connectivity index (χ2v) is 4.14. The molecule has 0 aliphatic heterocycles. The monoisotopic (exact) mass is 233 g/mol. The lowest BCUT2D eigenvalue weighted by atomic mass is 10.2. The summed E-state index contributed by atoms with van der Waals surface area (Å²) in [6.45, 7) is 3.50. The van der Waals surface area contributed by atoms with Crippen molar-refractivity contribution in [3.63, 3.8) is 0 Å². The topological polar surface area (TPSA) is 29.9 Å². The summed E-state index contributed by atoms with van der Waals surface area (Å²) in [5, 5.41) is 7.59. The molecule has 0 unspecified atom stereocenters. The number of rotatable bonds is 4. The molecular weight excluding hydrogens is 217 g/mol. The van der Waals surface area contributed by atoms with Crippen molar-refractivity contribution in [2.45, 2.75) is 20.0 Å². The summed E-state index contributed by atoms with van der Waals surface area (Å²) in [6, 6.07) is 6.54. The molecule has 2 aromatic rings. The SMILES string of the molecule is Cc1nn(C)cc1CNCc1ccc(F)cc1. The van der Waals surface area contributed by atoms with Crippen LogP contribution in [0.25, 0.3) is 0 Å². The normalized spacial score (nSPS) is 10.8. The van der Waals surface area contributed by atoms with Crippen molar-refractivity contribution in [1.29, 1.82) is 0 Å². The van der Waals surface area contributed by atoms with Crippen LogP contribution in [0.4, 0.5) is 4.39 Å². The number of hydrogen-bond acceptors (Lipinski definition) is 2. The van der Waals surface area contributed by atoms with Crippen LogP contribution in [-0.4, -0.2) is 9.78 Å². The first-order valence-corrected chi connectivity index (χ1v) is 5.59. The van der Waals surface area contributed by atoms with E-state index in [0.29, 0.717) is 0 Å². The van der Waals surface area contributed by atoms with Crippen LogP contribution in [-0.2, 0) is 20.1 Å². The van der Waals surface area contributed by atoms with Crippen LogP contribution in [0.1, 0.15) is 16.8 Å². The average molecular weight is 233 g/mol. The first-order chi connectivity index (χ1) is 8.15. The van der Waals surface area contributed by atoms with E-state index in [-0.39, 0.29) is 5.82 Å². The Bertz CT molecular complexity index is 488. The van der Waals surface area contributed by atoms with Gasteiger partial charge in [-0.2, -0.15) is 5.10 Å². The molecule has 0 amide bonds. The molecule has 0 spiro atoms. The molecule has 1 aromatic carbocycles. The lowest BCUT2D eigenvalue weighted by Gasteiger charge is -2.03. The van der Waals surface area contributed by atoms with E-state index >= 15 is 0 Å². The van der Waals surface area contributed by atoms with Gasteiger partial charge in [0.15, 0.2) is 0 Å². The molecule has 0 aliphatic rings. The van der Waals surface area contributed by atoms with Gasteiger partial charge in [0.2, 0.25) is 0 Å². The van der Waals surface area contributed by atoms with E-state index in [1.165, 1.54) is 17.7 Å². The van der Waals surface area contributed by atoms with Crippen LogP contribution in [0.2, 0.25) is 0 Å². The molecule has 0 atom stereocenters. The van der Waals surface area contributed by atoms with E-state index < -0.39 is 0 Å². The highest BCUT2D eigenvalue weighted by atomic mass is 19.1. The molecule has 0 aliphatic carbocycles. The molecular formula is C13H16FN3. The van der Waals surface area contributed by atoms with Gasteiger partial charge >= 0.3 is 0 Å². The van der Waals surface area contributed by atoms with Gasteiger partial charge in [0, 0.05) is 31.9 Å². The third-order valence-electron chi connectivity index (χ3n) is 2.67. The largest absolute Gasteiger partial charge is 0.308 e. The van der Waals surface area contributed by atoms with E-state index in [1.807, 2.05) is 24.9 Å². The molecule has 17 heavy (non-hydrogen) atoms. The Morgan fingerprint density at radius 1 is 1.24 bits per heavy atom. The predicted molar refractivity (Wildman–Crippen MR) is 64.9 cm³/mol. The fourth-order valence-corrected chi connectivity index (χ4v) is 1.77. The summed E-state index contributed by atoms with van der Waals surface area (Å²) in [5.41, 5.74) is 3.31. The summed E-state index contributed by atoms with van der Waals surface area (Å²) in [7, 11) is 1.91. The number of benzene rings is 1. The van der Waals surface area contributed by atoms with Gasteiger partial charge in [-0.05, 0) is 24.6 Å². The van der Waals surface area contributed by atoms with Gasteiger partial charge in [0.1, 0.15) is 5.82 Å². The van der Waals surface area contributed by atoms with E-state index in [4.69, 9.17) is 0 Å². The summed E-state index contributed by atoms with van der Waals surface area (Å²) in [6.07, 6.45) is 2.01. The zero-order chi connectivity index (χ0) is 12.3. The Hall–Kier alpha value is -1.68. The summed E-state index contributed by atoms with van der Waals surface area (Å²) >= 11 is 0. The van der Waals surface area contributed by atoms with Gasteiger partial charge in [-0.25, -0.2) is 4.39 Å². The molecule has 2 rings (SSSR count). The third-order valence-corrected chi connectivity index (χ3v) is 2.67. The van der Waals surface area contributed by atoms with Crippen molar-refractivity contribution < 1.29 is 4.39 Å². The minimum absolute atomic E-state index is 0.197. The minimum atomic E-state index is -0.197. The van der Waals surface area contributed by atoms with Crippen LogP contribution in [0.15, 0.2) is 30.5 Å². The van der Waals surface area contributed by atoms with Gasteiger partial charge < -0.3 is 5.32 Å². The highest BCUT2D eigenvalue weighted by molar-refractivity contribution is 5.17. The summed E-state index contributed by atoms with van der Waals surface area (Å²) < 4.78 is 14.5. The number of nitrogens with zero attached hydrogens (tertiary/aromatic N) is 2. The standard InChI is InChI=1S/C13H16FN3/c1-10-12(9-17(2)16-10)8-15-7-11-3-5-13(14)6-4-11/h3-6,9,15H,7-8H2,1-2H3. The van der Waals surface area contributed by atoms with Crippen LogP contribution >= 0.6 is 0 Å². The van der Waals surface area contributed by atoms with Crippen molar-refractivity contribution >= 4 is 0 Å². The van der Waals surface area contributed by atoms with Crippen molar-refractivity contribution in [2.24, 2.45) is 7.05 Å². The maximum absolute atomic E-state index is 12.7. The van der Waals surface area contributed by atoms with E-state index in [9.17, 15) is 4.39 Å². The van der Waals surface area contributed by atoms with E-state index in [1.54, 1.807) is 12.1 Å². The molecule has 3 nitrogen and oxygen atoms in total. The van der Waals surface area contributed by atoms with Gasteiger partial charge in [-0.3, -0.25) is 4.68 Å². The number of aryl methyl sites for hydroxylation is 2. The number of nitrogens with one attached hydrogen (secondary N) is 1.